The van der Waals surface area contributed by atoms with Crippen LogP contribution in [0, 0.1) is 6.92 Å². The molecule has 0 amide bonds. The Hall–Kier alpha value is -0.710. The van der Waals surface area contributed by atoms with Gasteiger partial charge in [0.2, 0.25) is 0 Å². The second-order valence-corrected chi connectivity index (χ2v) is 5.43. The largest absolute Gasteiger partial charge is 0.398 e. The SMILES string of the molecule is Cc1cccc(SCCN2CCOCC2)c1N. The number of rotatable bonds is 4. The van der Waals surface area contributed by atoms with Crippen molar-refractivity contribution in [3.8, 4) is 0 Å². The summed E-state index contributed by atoms with van der Waals surface area (Å²) in [5.41, 5.74) is 8.15. The van der Waals surface area contributed by atoms with Gasteiger partial charge in [-0.15, -0.1) is 11.8 Å². The summed E-state index contributed by atoms with van der Waals surface area (Å²) in [6.45, 7) is 7.03. The van der Waals surface area contributed by atoms with Crippen molar-refractivity contribution in [3.05, 3.63) is 23.8 Å². The number of morpholine rings is 1. The Labute approximate surface area is 107 Å². The third-order valence-corrected chi connectivity index (χ3v) is 4.11. The van der Waals surface area contributed by atoms with E-state index in [1.54, 1.807) is 0 Å². The van der Waals surface area contributed by atoms with Crippen LogP contribution in [0.3, 0.4) is 0 Å². The zero-order valence-corrected chi connectivity index (χ0v) is 11.1. The van der Waals surface area contributed by atoms with Gasteiger partial charge in [-0.05, 0) is 18.6 Å². The number of hydrogen-bond acceptors (Lipinski definition) is 4. The highest BCUT2D eigenvalue weighted by molar-refractivity contribution is 7.99. The molecule has 0 aliphatic carbocycles. The Morgan fingerprint density at radius 3 is 2.88 bits per heavy atom. The van der Waals surface area contributed by atoms with Crippen molar-refractivity contribution < 1.29 is 4.74 Å². The first-order valence-corrected chi connectivity index (χ1v) is 7.04. The van der Waals surface area contributed by atoms with Gasteiger partial charge in [0.05, 0.1) is 13.2 Å². The van der Waals surface area contributed by atoms with Gasteiger partial charge in [-0.1, -0.05) is 12.1 Å². The molecule has 1 aliphatic rings. The molecule has 0 radical (unpaired) electrons. The first-order valence-electron chi connectivity index (χ1n) is 6.05. The fourth-order valence-electron chi connectivity index (χ4n) is 1.89. The molecule has 1 fully saturated rings. The van der Waals surface area contributed by atoms with Gasteiger partial charge < -0.3 is 10.5 Å². The Balaban J connectivity index is 1.79. The Morgan fingerprint density at radius 1 is 1.35 bits per heavy atom. The smallest absolute Gasteiger partial charge is 0.0594 e. The van der Waals surface area contributed by atoms with Gasteiger partial charge in [0.1, 0.15) is 0 Å². The fraction of sp³-hybridized carbons (Fsp3) is 0.538. The van der Waals surface area contributed by atoms with Crippen LogP contribution in [0.4, 0.5) is 5.69 Å². The highest BCUT2D eigenvalue weighted by Crippen LogP contribution is 2.27. The summed E-state index contributed by atoms with van der Waals surface area (Å²) in [5.74, 6) is 1.09. The molecule has 1 heterocycles. The van der Waals surface area contributed by atoms with E-state index in [1.165, 1.54) is 10.5 Å². The average Bonchev–Trinajstić information content (AvgIpc) is 2.36. The van der Waals surface area contributed by atoms with E-state index in [0.717, 1.165) is 44.3 Å². The molecule has 94 valence electrons. The normalized spacial score (nSPS) is 17.2. The molecule has 0 unspecified atom stereocenters. The number of benzene rings is 1. The number of para-hydroxylation sites is 1. The number of thioether (sulfide) groups is 1. The molecule has 1 aromatic rings. The molecule has 0 atom stereocenters. The molecule has 0 spiro atoms. The molecule has 2 rings (SSSR count). The van der Waals surface area contributed by atoms with Crippen molar-refractivity contribution in [2.75, 3.05) is 44.3 Å². The summed E-state index contributed by atoms with van der Waals surface area (Å²) in [7, 11) is 0. The van der Waals surface area contributed by atoms with Gasteiger partial charge in [0.15, 0.2) is 0 Å². The molecule has 1 saturated heterocycles. The highest BCUT2D eigenvalue weighted by Gasteiger charge is 2.10. The molecule has 0 bridgehead atoms. The van der Waals surface area contributed by atoms with Gasteiger partial charge in [-0.25, -0.2) is 0 Å². The number of ether oxygens (including phenoxy) is 1. The molecular weight excluding hydrogens is 232 g/mol. The van der Waals surface area contributed by atoms with Crippen molar-refractivity contribution in [1.29, 1.82) is 0 Å². The van der Waals surface area contributed by atoms with Gasteiger partial charge in [-0.3, -0.25) is 4.90 Å². The summed E-state index contributed by atoms with van der Waals surface area (Å²) in [4.78, 5) is 3.65. The lowest BCUT2D eigenvalue weighted by molar-refractivity contribution is 0.0410. The van der Waals surface area contributed by atoms with Gasteiger partial charge in [0, 0.05) is 36.0 Å². The van der Waals surface area contributed by atoms with E-state index in [-0.39, 0.29) is 0 Å². The molecule has 1 aliphatic heterocycles. The van der Waals surface area contributed by atoms with Gasteiger partial charge in [0.25, 0.3) is 0 Å². The molecule has 1 aromatic carbocycles. The van der Waals surface area contributed by atoms with Crippen LogP contribution in [-0.4, -0.2) is 43.5 Å². The van der Waals surface area contributed by atoms with Crippen LogP contribution in [0.5, 0.6) is 0 Å². The summed E-state index contributed by atoms with van der Waals surface area (Å²) in [5, 5.41) is 0. The number of hydrogen-bond donors (Lipinski definition) is 1. The Morgan fingerprint density at radius 2 is 2.12 bits per heavy atom. The fourth-order valence-corrected chi connectivity index (χ4v) is 2.95. The minimum atomic E-state index is 0.872. The van der Waals surface area contributed by atoms with Gasteiger partial charge >= 0.3 is 0 Å². The molecule has 3 nitrogen and oxygen atoms in total. The minimum absolute atomic E-state index is 0.872. The zero-order valence-electron chi connectivity index (χ0n) is 10.3. The molecule has 2 N–H and O–H groups in total. The Bertz CT molecular complexity index is 364. The van der Waals surface area contributed by atoms with E-state index in [2.05, 4.69) is 30.0 Å². The van der Waals surface area contributed by atoms with E-state index >= 15 is 0 Å². The van der Waals surface area contributed by atoms with E-state index in [4.69, 9.17) is 10.5 Å². The molecule has 0 aromatic heterocycles. The highest BCUT2D eigenvalue weighted by atomic mass is 32.2. The summed E-state index contributed by atoms with van der Waals surface area (Å²) >= 11 is 1.85. The second kappa shape index (κ2) is 6.28. The summed E-state index contributed by atoms with van der Waals surface area (Å²) in [6.07, 6.45) is 0. The molecule has 0 saturated carbocycles. The van der Waals surface area contributed by atoms with E-state index < -0.39 is 0 Å². The lowest BCUT2D eigenvalue weighted by Crippen LogP contribution is -2.37. The standard InChI is InChI=1S/C13H20N2OS/c1-11-3-2-4-12(13(11)14)17-10-7-15-5-8-16-9-6-15/h2-4H,5-10,14H2,1H3. The minimum Gasteiger partial charge on any atom is -0.398 e. The first-order chi connectivity index (χ1) is 8.27. The zero-order chi connectivity index (χ0) is 12.1. The molecular formula is C13H20N2OS. The summed E-state index contributed by atoms with van der Waals surface area (Å²) in [6, 6.07) is 6.23. The third-order valence-electron chi connectivity index (χ3n) is 3.05. The summed E-state index contributed by atoms with van der Waals surface area (Å²) < 4.78 is 5.33. The van der Waals surface area contributed by atoms with Crippen LogP contribution in [-0.2, 0) is 4.74 Å². The Kier molecular flexibility index (Phi) is 4.71. The number of aryl methyl sites for hydroxylation is 1. The first kappa shape index (κ1) is 12.7. The van der Waals surface area contributed by atoms with Crippen LogP contribution in [0.2, 0.25) is 0 Å². The predicted molar refractivity (Wildman–Crippen MR) is 73.6 cm³/mol. The van der Waals surface area contributed by atoms with E-state index in [9.17, 15) is 0 Å². The van der Waals surface area contributed by atoms with Crippen molar-refractivity contribution in [2.45, 2.75) is 11.8 Å². The number of nitrogens with two attached hydrogens (primary N) is 1. The maximum atomic E-state index is 6.05. The van der Waals surface area contributed by atoms with Crippen molar-refractivity contribution >= 4 is 17.4 Å². The van der Waals surface area contributed by atoms with Crippen LogP contribution in [0.15, 0.2) is 23.1 Å². The molecule has 17 heavy (non-hydrogen) atoms. The monoisotopic (exact) mass is 252 g/mol. The predicted octanol–water partition coefficient (Wildman–Crippen LogP) is 2.00. The second-order valence-electron chi connectivity index (χ2n) is 4.29. The van der Waals surface area contributed by atoms with Crippen LogP contribution >= 0.6 is 11.8 Å². The number of anilines is 1. The van der Waals surface area contributed by atoms with Crippen molar-refractivity contribution in [2.24, 2.45) is 0 Å². The lowest BCUT2D eigenvalue weighted by atomic mass is 10.2. The number of nitrogen functional groups attached to an aromatic ring is 1. The van der Waals surface area contributed by atoms with Crippen LogP contribution < -0.4 is 5.73 Å². The average molecular weight is 252 g/mol. The third kappa shape index (κ3) is 3.63. The van der Waals surface area contributed by atoms with E-state index in [1.807, 2.05) is 11.8 Å². The van der Waals surface area contributed by atoms with Gasteiger partial charge in [-0.2, -0.15) is 0 Å². The van der Waals surface area contributed by atoms with Crippen molar-refractivity contribution in [3.63, 3.8) is 0 Å². The van der Waals surface area contributed by atoms with Crippen molar-refractivity contribution in [1.82, 2.24) is 4.90 Å². The van der Waals surface area contributed by atoms with Crippen LogP contribution in [0.1, 0.15) is 5.56 Å². The maximum Gasteiger partial charge on any atom is 0.0594 e. The maximum absolute atomic E-state index is 6.05. The topological polar surface area (TPSA) is 38.5 Å². The quantitative estimate of drug-likeness (QED) is 0.657. The lowest BCUT2D eigenvalue weighted by Gasteiger charge is -2.26. The van der Waals surface area contributed by atoms with E-state index in [0.29, 0.717) is 0 Å². The number of nitrogens with zero attached hydrogens (tertiary/aromatic N) is 1. The van der Waals surface area contributed by atoms with Crippen LogP contribution in [0.25, 0.3) is 0 Å². The molecule has 4 heteroatoms.